The number of rotatable bonds is 2. The number of benzene rings is 7. The van der Waals surface area contributed by atoms with Crippen molar-refractivity contribution in [1.29, 1.82) is 0 Å². The first kappa shape index (κ1) is 27.7. The Bertz CT molecular complexity index is 2770. The van der Waals surface area contributed by atoms with E-state index >= 15 is 0 Å². The van der Waals surface area contributed by atoms with Gasteiger partial charge in [0.2, 0.25) is 0 Å². The van der Waals surface area contributed by atoms with E-state index in [4.69, 9.17) is 0 Å². The zero-order valence-corrected chi connectivity index (χ0v) is 28.0. The van der Waals surface area contributed by atoms with Crippen molar-refractivity contribution in [1.82, 2.24) is 9.13 Å². The predicted octanol–water partition coefficient (Wildman–Crippen LogP) is 12.5. The van der Waals surface area contributed by atoms with Crippen LogP contribution in [-0.4, -0.2) is 9.13 Å². The SMILES string of the molecule is CC1(C)CCC(C)(C)c2cc3c(cc21)c1cc2c4c5ccccc5ccc4n(-c4ccc5ccccc5c4)c2cc1n3-c1ccccc1. The molecule has 1 aliphatic rings. The lowest BCUT2D eigenvalue weighted by atomic mass is 9.63. The zero-order chi connectivity index (χ0) is 32.4. The molecule has 0 radical (unpaired) electrons. The zero-order valence-electron chi connectivity index (χ0n) is 28.0. The summed E-state index contributed by atoms with van der Waals surface area (Å²) in [7, 11) is 0. The Morgan fingerprint density at radius 3 is 1.77 bits per heavy atom. The summed E-state index contributed by atoms with van der Waals surface area (Å²) in [4.78, 5) is 0. The maximum absolute atomic E-state index is 2.56. The van der Waals surface area contributed by atoms with Gasteiger partial charge in [-0.2, -0.15) is 0 Å². The largest absolute Gasteiger partial charge is 0.309 e. The minimum Gasteiger partial charge on any atom is -0.309 e. The molecule has 1 aliphatic carbocycles. The summed E-state index contributed by atoms with van der Waals surface area (Å²) in [5, 5.41) is 10.3. The summed E-state index contributed by atoms with van der Waals surface area (Å²) >= 11 is 0. The molecular weight excluding hydrogens is 581 g/mol. The molecular formula is C46H38N2. The molecule has 0 saturated carbocycles. The van der Waals surface area contributed by atoms with E-state index in [0.717, 1.165) is 0 Å². The molecule has 48 heavy (non-hydrogen) atoms. The van der Waals surface area contributed by atoms with E-state index in [9.17, 15) is 0 Å². The third kappa shape index (κ3) is 3.80. The minimum atomic E-state index is 0.128. The molecule has 0 bridgehead atoms. The number of fused-ring (bicyclic) bond motifs is 10. The minimum absolute atomic E-state index is 0.128. The highest BCUT2D eigenvalue weighted by Gasteiger charge is 2.38. The van der Waals surface area contributed by atoms with Crippen LogP contribution in [0.5, 0.6) is 0 Å². The van der Waals surface area contributed by atoms with Crippen molar-refractivity contribution >= 4 is 65.2 Å². The molecule has 2 nitrogen and oxygen atoms in total. The van der Waals surface area contributed by atoms with Crippen molar-refractivity contribution in [3.8, 4) is 11.4 Å². The molecule has 0 saturated heterocycles. The van der Waals surface area contributed by atoms with Crippen molar-refractivity contribution in [2.45, 2.75) is 51.4 Å². The Kier molecular flexibility index (Phi) is 5.55. The first-order valence-corrected chi connectivity index (χ1v) is 17.3. The molecule has 2 aromatic heterocycles. The van der Waals surface area contributed by atoms with Crippen LogP contribution in [0.15, 0.2) is 133 Å². The summed E-state index contributed by atoms with van der Waals surface area (Å²) in [6, 6.07) is 50.0. The van der Waals surface area contributed by atoms with Crippen LogP contribution >= 0.6 is 0 Å². The Morgan fingerprint density at radius 2 is 0.979 bits per heavy atom. The van der Waals surface area contributed by atoms with Crippen LogP contribution in [0.1, 0.15) is 51.7 Å². The lowest BCUT2D eigenvalue weighted by Gasteiger charge is -2.42. The van der Waals surface area contributed by atoms with E-state index in [1.807, 2.05) is 0 Å². The monoisotopic (exact) mass is 618 g/mol. The van der Waals surface area contributed by atoms with Crippen LogP contribution in [0.3, 0.4) is 0 Å². The van der Waals surface area contributed by atoms with Gasteiger partial charge in [0, 0.05) is 32.9 Å². The van der Waals surface area contributed by atoms with Crippen LogP contribution < -0.4 is 0 Å². The van der Waals surface area contributed by atoms with Gasteiger partial charge in [-0.15, -0.1) is 0 Å². The number of hydrogen-bond donors (Lipinski definition) is 0. The Labute approximate surface area is 280 Å². The summed E-state index contributed by atoms with van der Waals surface area (Å²) in [5.74, 6) is 0. The fourth-order valence-electron chi connectivity index (χ4n) is 8.80. The highest BCUT2D eigenvalue weighted by Crippen LogP contribution is 2.49. The molecule has 0 atom stereocenters. The maximum Gasteiger partial charge on any atom is 0.0562 e. The maximum atomic E-state index is 2.56. The second kappa shape index (κ2) is 9.61. The molecule has 0 spiro atoms. The van der Waals surface area contributed by atoms with E-state index in [0.29, 0.717) is 0 Å². The molecule has 9 aromatic rings. The fraction of sp³-hybridized carbons (Fsp3) is 0.174. The van der Waals surface area contributed by atoms with Gasteiger partial charge in [0.15, 0.2) is 0 Å². The van der Waals surface area contributed by atoms with Gasteiger partial charge in [-0.1, -0.05) is 107 Å². The van der Waals surface area contributed by atoms with Gasteiger partial charge < -0.3 is 9.13 Å². The highest BCUT2D eigenvalue weighted by atomic mass is 15.0. The third-order valence-corrected chi connectivity index (χ3v) is 11.5. The second-order valence-corrected chi connectivity index (χ2v) is 15.3. The molecule has 10 rings (SSSR count). The Hall–Kier alpha value is -5.34. The van der Waals surface area contributed by atoms with Crippen LogP contribution in [0.2, 0.25) is 0 Å². The normalized spacial score (nSPS) is 15.7. The lowest BCUT2D eigenvalue weighted by Crippen LogP contribution is -2.33. The van der Waals surface area contributed by atoms with Crippen molar-refractivity contribution in [2.75, 3.05) is 0 Å². The van der Waals surface area contributed by atoms with Gasteiger partial charge in [0.05, 0.1) is 22.1 Å². The Morgan fingerprint density at radius 1 is 0.396 bits per heavy atom. The summed E-state index contributed by atoms with van der Waals surface area (Å²) in [6.07, 6.45) is 2.40. The van der Waals surface area contributed by atoms with E-state index in [1.54, 1.807) is 0 Å². The predicted molar refractivity (Wildman–Crippen MR) is 205 cm³/mol. The Balaban J connectivity index is 1.41. The fourth-order valence-corrected chi connectivity index (χ4v) is 8.80. The standard InChI is InChI=1S/C46H38N2/c1-45(2)22-23-46(3,4)39-27-41-36(26-38(39)45)35-25-37-43(28-42(35)47(41)32-15-6-5-7-16-32)48(33-20-18-29-12-8-9-14-31(29)24-33)40-21-19-30-13-10-11-17-34(30)44(37)40/h5-21,24-28H,22-23H2,1-4H3. The lowest BCUT2D eigenvalue weighted by molar-refractivity contribution is 0.332. The summed E-state index contributed by atoms with van der Waals surface area (Å²) in [6.45, 7) is 9.73. The van der Waals surface area contributed by atoms with E-state index in [-0.39, 0.29) is 10.8 Å². The van der Waals surface area contributed by atoms with E-state index < -0.39 is 0 Å². The average molecular weight is 619 g/mol. The molecule has 7 aromatic carbocycles. The van der Waals surface area contributed by atoms with Crippen LogP contribution in [0, 0.1) is 0 Å². The molecule has 232 valence electrons. The molecule has 0 amide bonds. The molecule has 0 fully saturated rings. The topological polar surface area (TPSA) is 9.86 Å². The molecule has 0 aliphatic heterocycles. The van der Waals surface area contributed by atoms with Gasteiger partial charge in [0.25, 0.3) is 0 Å². The highest BCUT2D eigenvalue weighted by molar-refractivity contribution is 6.25. The van der Waals surface area contributed by atoms with Gasteiger partial charge in [-0.25, -0.2) is 0 Å². The molecule has 0 N–H and O–H groups in total. The first-order valence-electron chi connectivity index (χ1n) is 17.3. The van der Waals surface area contributed by atoms with Crippen molar-refractivity contribution in [2.24, 2.45) is 0 Å². The number of aromatic nitrogens is 2. The first-order chi connectivity index (χ1) is 23.3. The molecule has 0 unspecified atom stereocenters. The van der Waals surface area contributed by atoms with Gasteiger partial charge in [0.1, 0.15) is 0 Å². The van der Waals surface area contributed by atoms with Gasteiger partial charge in [-0.05, 0) is 111 Å². The van der Waals surface area contributed by atoms with Crippen molar-refractivity contribution in [3.63, 3.8) is 0 Å². The quantitative estimate of drug-likeness (QED) is 0.182. The van der Waals surface area contributed by atoms with Gasteiger partial charge in [-0.3, -0.25) is 0 Å². The number of nitrogens with zero attached hydrogens (tertiary/aromatic N) is 2. The van der Waals surface area contributed by atoms with Crippen molar-refractivity contribution in [3.05, 3.63) is 145 Å². The number of hydrogen-bond acceptors (Lipinski definition) is 0. The van der Waals surface area contributed by atoms with Crippen LogP contribution in [0.25, 0.3) is 76.5 Å². The second-order valence-electron chi connectivity index (χ2n) is 15.3. The van der Waals surface area contributed by atoms with Gasteiger partial charge >= 0.3 is 0 Å². The molecule has 2 heteroatoms. The van der Waals surface area contributed by atoms with Crippen LogP contribution in [0.4, 0.5) is 0 Å². The van der Waals surface area contributed by atoms with Crippen LogP contribution in [-0.2, 0) is 10.8 Å². The summed E-state index contributed by atoms with van der Waals surface area (Å²) < 4.78 is 5.01. The number of para-hydroxylation sites is 1. The van der Waals surface area contributed by atoms with E-state index in [1.165, 1.54) is 100 Å². The molecule has 2 heterocycles. The smallest absolute Gasteiger partial charge is 0.0562 e. The van der Waals surface area contributed by atoms with E-state index in [2.05, 4.69) is 170 Å². The average Bonchev–Trinajstić information content (AvgIpc) is 3.60. The van der Waals surface area contributed by atoms with Crippen molar-refractivity contribution < 1.29 is 0 Å². The third-order valence-electron chi connectivity index (χ3n) is 11.5. The summed E-state index contributed by atoms with van der Waals surface area (Å²) in [5.41, 5.74) is 10.6.